The normalized spacial score (nSPS) is 25.3. The summed E-state index contributed by atoms with van der Waals surface area (Å²) in [7, 11) is 0. The van der Waals surface area contributed by atoms with Crippen LogP contribution in [-0.4, -0.2) is 23.5 Å². The van der Waals surface area contributed by atoms with Crippen LogP contribution >= 0.6 is 0 Å². The van der Waals surface area contributed by atoms with Crippen LogP contribution in [0.5, 0.6) is 0 Å². The molecule has 3 N–H and O–H groups in total. The summed E-state index contributed by atoms with van der Waals surface area (Å²) in [6.45, 7) is 1.43. The van der Waals surface area contributed by atoms with Gasteiger partial charge in [0.2, 0.25) is 0 Å². The number of nitrogens with one attached hydrogen (secondary N) is 1. The van der Waals surface area contributed by atoms with Gasteiger partial charge in [-0.1, -0.05) is 25.0 Å². The number of likely N-dealkylation sites (tertiary alicyclic amines) is 1. The van der Waals surface area contributed by atoms with Crippen molar-refractivity contribution < 1.29 is 4.79 Å². The van der Waals surface area contributed by atoms with E-state index in [1.54, 1.807) is 0 Å². The van der Waals surface area contributed by atoms with Crippen molar-refractivity contribution >= 4 is 11.7 Å². The summed E-state index contributed by atoms with van der Waals surface area (Å²) in [6.07, 6.45) is 7.48. The van der Waals surface area contributed by atoms with Crippen molar-refractivity contribution in [2.75, 3.05) is 11.9 Å². The summed E-state index contributed by atoms with van der Waals surface area (Å²) in [4.78, 5) is 14.6. The molecule has 1 aliphatic carbocycles. The fraction of sp³-hybridized carbons (Fsp3) is 0.588. The van der Waals surface area contributed by atoms with Crippen LogP contribution in [0, 0.1) is 5.92 Å². The number of nitrogens with two attached hydrogens (primary N) is 1. The van der Waals surface area contributed by atoms with E-state index in [0.29, 0.717) is 12.6 Å². The molecule has 2 fully saturated rings. The van der Waals surface area contributed by atoms with Crippen molar-refractivity contribution in [3.63, 3.8) is 0 Å². The monoisotopic (exact) mass is 287 g/mol. The molecule has 1 aromatic rings. The van der Waals surface area contributed by atoms with Gasteiger partial charge in [-0.05, 0) is 49.3 Å². The Kier molecular flexibility index (Phi) is 4.44. The number of carbonyl (C=O) groups is 1. The van der Waals surface area contributed by atoms with E-state index in [9.17, 15) is 4.79 Å². The number of hydrogen-bond acceptors (Lipinski definition) is 2. The number of rotatable bonds is 2. The quantitative estimate of drug-likeness (QED) is 0.876. The number of fused-ring (bicyclic) bond motifs is 1. The molecule has 114 valence electrons. The van der Waals surface area contributed by atoms with Crippen molar-refractivity contribution in [1.29, 1.82) is 0 Å². The Bertz CT molecular complexity index is 483. The summed E-state index contributed by atoms with van der Waals surface area (Å²) in [5, 5.41) is 3.04. The largest absolute Gasteiger partial charge is 0.326 e. The molecule has 1 saturated heterocycles. The lowest BCUT2D eigenvalue weighted by atomic mass is 9.78. The number of amides is 2. The second-order valence-corrected chi connectivity index (χ2v) is 6.28. The number of piperidine rings is 1. The predicted octanol–water partition coefficient (Wildman–Crippen LogP) is 3.33. The molecule has 4 nitrogen and oxygen atoms in total. The van der Waals surface area contributed by atoms with Crippen molar-refractivity contribution in [2.45, 2.75) is 51.1 Å². The van der Waals surface area contributed by atoms with Crippen LogP contribution in [0.15, 0.2) is 24.3 Å². The second-order valence-electron chi connectivity index (χ2n) is 6.28. The molecule has 1 saturated carbocycles. The maximum atomic E-state index is 12.6. The van der Waals surface area contributed by atoms with E-state index in [-0.39, 0.29) is 6.03 Å². The number of anilines is 1. The molecule has 2 atom stereocenters. The van der Waals surface area contributed by atoms with Gasteiger partial charge in [0.15, 0.2) is 0 Å². The molecule has 0 aromatic heterocycles. The topological polar surface area (TPSA) is 58.4 Å². The highest BCUT2D eigenvalue weighted by Gasteiger charge is 2.35. The maximum Gasteiger partial charge on any atom is 0.322 e. The molecule has 0 radical (unpaired) electrons. The Hall–Kier alpha value is -1.55. The Morgan fingerprint density at radius 3 is 2.62 bits per heavy atom. The van der Waals surface area contributed by atoms with E-state index in [4.69, 9.17) is 5.73 Å². The van der Waals surface area contributed by atoms with E-state index < -0.39 is 0 Å². The summed E-state index contributed by atoms with van der Waals surface area (Å²) in [5.74, 6) is 0.720. The molecule has 1 aliphatic heterocycles. The zero-order valence-corrected chi connectivity index (χ0v) is 12.6. The van der Waals surface area contributed by atoms with Crippen molar-refractivity contribution in [2.24, 2.45) is 11.7 Å². The minimum Gasteiger partial charge on any atom is -0.326 e. The summed E-state index contributed by atoms with van der Waals surface area (Å²) < 4.78 is 0. The van der Waals surface area contributed by atoms with Gasteiger partial charge in [-0.3, -0.25) is 0 Å². The fourth-order valence-corrected chi connectivity index (χ4v) is 3.80. The first kappa shape index (κ1) is 14.4. The van der Waals surface area contributed by atoms with Crippen LogP contribution in [0.4, 0.5) is 10.5 Å². The van der Waals surface area contributed by atoms with E-state index in [0.717, 1.165) is 30.1 Å². The lowest BCUT2D eigenvalue weighted by Gasteiger charge is -2.44. The van der Waals surface area contributed by atoms with Gasteiger partial charge in [0, 0.05) is 24.8 Å². The third-order valence-electron chi connectivity index (χ3n) is 4.94. The molecule has 2 unspecified atom stereocenters. The molecule has 2 amide bonds. The molecular weight excluding hydrogens is 262 g/mol. The van der Waals surface area contributed by atoms with Crippen LogP contribution in [0.25, 0.3) is 0 Å². The van der Waals surface area contributed by atoms with Crippen molar-refractivity contribution in [3.8, 4) is 0 Å². The van der Waals surface area contributed by atoms with Crippen LogP contribution in [0.1, 0.15) is 44.1 Å². The Morgan fingerprint density at radius 2 is 1.86 bits per heavy atom. The van der Waals surface area contributed by atoms with Crippen LogP contribution in [0.2, 0.25) is 0 Å². The molecule has 3 rings (SSSR count). The molecule has 0 spiro atoms. The first-order valence-electron chi connectivity index (χ1n) is 8.14. The third-order valence-corrected chi connectivity index (χ3v) is 4.94. The van der Waals surface area contributed by atoms with E-state index in [1.165, 1.54) is 32.1 Å². The lowest BCUT2D eigenvalue weighted by molar-refractivity contribution is 0.0909. The average Bonchev–Trinajstić information content (AvgIpc) is 2.55. The number of urea groups is 1. The summed E-state index contributed by atoms with van der Waals surface area (Å²) in [6, 6.07) is 8.32. The van der Waals surface area contributed by atoms with Gasteiger partial charge in [0.05, 0.1) is 0 Å². The van der Waals surface area contributed by atoms with Crippen LogP contribution < -0.4 is 11.1 Å². The average molecular weight is 287 g/mol. The molecule has 1 heterocycles. The third kappa shape index (κ3) is 3.21. The van der Waals surface area contributed by atoms with Gasteiger partial charge in [-0.25, -0.2) is 4.79 Å². The molecule has 1 aromatic carbocycles. The number of hydrogen-bond donors (Lipinski definition) is 2. The van der Waals surface area contributed by atoms with Gasteiger partial charge >= 0.3 is 6.03 Å². The van der Waals surface area contributed by atoms with Crippen LogP contribution in [0.3, 0.4) is 0 Å². The molecule has 21 heavy (non-hydrogen) atoms. The lowest BCUT2D eigenvalue weighted by Crippen LogP contribution is -2.51. The van der Waals surface area contributed by atoms with E-state index in [1.807, 2.05) is 24.3 Å². The number of nitrogens with zero attached hydrogens (tertiary/aromatic N) is 1. The predicted molar refractivity (Wildman–Crippen MR) is 85.0 cm³/mol. The molecular formula is C17H25N3O. The van der Waals surface area contributed by atoms with Gasteiger partial charge in [-0.15, -0.1) is 0 Å². The van der Waals surface area contributed by atoms with Gasteiger partial charge in [0.25, 0.3) is 0 Å². The number of carbonyl (C=O) groups excluding carboxylic acids is 1. The zero-order chi connectivity index (χ0) is 14.7. The maximum absolute atomic E-state index is 12.6. The molecule has 0 bridgehead atoms. The summed E-state index contributed by atoms with van der Waals surface area (Å²) in [5.41, 5.74) is 7.53. The van der Waals surface area contributed by atoms with Gasteiger partial charge in [-0.2, -0.15) is 0 Å². The molecule has 2 aliphatic rings. The Labute approximate surface area is 126 Å². The standard InChI is InChI=1S/C17H25N3O/c18-12-13-7-9-15(10-8-13)19-17(21)20-11-3-5-14-4-1-2-6-16(14)20/h7-10,14,16H,1-6,11-12,18H2,(H,19,21). The smallest absolute Gasteiger partial charge is 0.322 e. The first-order valence-corrected chi connectivity index (χ1v) is 8.14. The minimum atomic E-state index is 0.0621. The van der Waals surface area contributed by atoms with E-state index >= 15 is 0 Å². The van der Waals surface area contributed by atoms with Crippen molar-refractivity contribution in [3.05, 3.63) is 29.8 Å². The Morgan fingerprint density at radius 1 is 1.14 bits per heavy atom. The van der Waals surface area contributed by atoms with Gasteiger partial charge in [0.1, 0.15) is 0 Å². The highest BCUT2D eigenvalue weighted by Crippen LogP contribution is 2.35. The SMILES string of the molecule is NCc1ccc(NC(=O)N2CCCC3CCCCC32)cc1. The van der Waals surface area contributed by atoms with Crippen LogP contribution in [-0.2, 0) is 6.54 Å². The number of benzene rings is 1. The highest BCUT2D eigenvalue weighted by atomic mass is 16.2. The molecule has 4 heteroatoms. The fourth-order valence-electron chi connectivity index (χ4n) is 3.80. The minimum absolute atomic E-state index is 0.0621. The Balaban J connectivity index is 1.65. The first-order chi connectivity index (χ1) is 10.3. The highest BCUT2D eigenvalue weighted by molar-refractivity contribution is 5.89. The van der Waals surface area contributed by atoms with Crippen molar-refractivity contribution in [1.82, 2.24) is 4.90 Å². The second kappa shape index (κ2) is 6.48. The zero-order valence-electron chi connectivity index (χ0n) is 12.6. The van der Waals surface area contributed by atoms with E-state index in [2.05, 4.69) is 10.2 Å². The van der Waals surface area contributed by atoms with Gasteiger partial charge < -0.3 is 16.0 Å². The summed E-state index contributed by atoms with van der Waals surface area (Å²) >= 11 is 0.